The zero-order valence-electron chi connectivity index (χ0n) is 7.76. The second kappa shape index (κ2) is 4.23. The molecule has 0 unspecified atom stereocenters. The molecule has 12 heavy (non-hydrogen) atoms. The Balaban J connectivity index is 0.00000121. The summed E-state index contributed by atoms with van der Waals surface area (Å²) in [6.45, 7) is 6.26. The first-order valence-electron chi connectivity index (χ1n) is 3.80. The molecule has 0 heterocycles. The standard InChI is InChI=1S/C10H14O.Zr/c1-10(2,3)8-6-4-5-7-9(8)11;/h4-7,11H,1-3H3;. The number of benzene rings is 1. The first kappa shape index (κ1) is 11.9. The third kappa shape index (κ3) is 2.75. The van der Waals surface area contributed by atoms with Gasteiger partial charge in [-0.05, 0) is 17.0 Å². The van der Waals surface area contributed by atoms with E-state index in [1.165, 1.54) is 0 Å². The summed E-state index contributed by atoms with van der Waals surface area (Å²) in [5.74, 6) is 0.389. The van der Waals surface area contributed by atoms with Crippen LogP contribution in [0.25, 0.3) is 0 Å². The van der Waals surface area contributed by atoms with Crippen LogP contribution in [0.4, 0.5) is 0 Å². The van der Waals surface area contributed by atoms with Crippen LogP contribution in [0, 0.1) is 0 Å². The van der Waals surface area contributed by atoms with Crippen LogP contribution in [0.3, 0.4) is 0 Å². The summed E-state index contributed by atoms with van der Waals surface area (Å²) in [5, 5.41) is 9.45. The number of phenols is 1. The molecule has 1 N–H and O–H groups in total. The Kier molecular flexibility index (Phi) is 4.19. The van der Waals surface area contributed by atoms with Crippen LogP contribution in [-0.4, -0.2) is 5.11 Å². The number of hydrogen-bond donors (Lipinski definition) is 1. The molecule has 0 spiro atoms. The van der Waals surface area contributed by atoms with Crippen LogP contribution in [0.15, 0.2) is 24.3 Å². The van der Waals surface area contributed by atoms with E-state index in [1.54, 1.807) is 6.07 Å². The molecule has 0 atom stereocenters. The molecule has 1 rings (SSSR count). The molecule has 64 valence electrons. The minimum atomic E-state index is 0. The molecule has 0 saturated carbocycles. The summed E-state index contributed by atoms with van der Waals surface area (Å²) in [4.78, 5) is 0. The monoisotopic (exact) mass is 240 g/mol. The molecule has 0 aliphatic heterocycles. The maximum absolute atomic E-state index is 9.45. The Hall–Kier alpha value is -0.0969. The first-order valence-corrected chi connectivity index (χ1v) is 3.80. The van der Waals surface area contributed by atoms with E-state index in [2.05, 4.69) is 20.8 Å². The van der Waals surface area contributed by atoms with Crippen molar-refractivity contribution in [2.75, 3.05) is 0 Å². The van der Waals surface area contributed by atoms with Crippen LogP contribution in [0.2, 0.25) is 0 Å². The molecule has 0 fully saturated rings. The van der Waals surface area contributed by atoms with Gasteiger partial charge in [0.1, 0.15) is 5.75 Å². The minimum absolute atomic E-state index is 0. The summed E-state index contributed by atoms with van der Waals surface area (Å²) in [6.07, 6.45) is 0. The summed E-state index contributed by atoms with van der Waals surface area (Å²) in [7, 11) is 0. The number of phenolic OH excluding ortho intramolecular Hbond substituents is 1. The van der Waals surface area contributed by atoms with Crippen molar-refractivity contribution in [2.24, 2.45) is 0 Å². The van der Waals surface area contributed by atoms with Crippen molar-refractivity contribution in [3.8, 4) is 5.75 Å². The normalized spacial score (nSPS) is 10.6. The Labute approximate surface area is 92.9 Å². The van der Waals surface area contributed by atoms with Gasteiger partial charge in [-0.3, -0.25) is 0 Å². The van der Waals surface area contributed by atoms with E-state index in [1.807, 2.05) is 18.2 Å². The molecule has 0 amide bonds. The predicted molar refractivity (Wildman–Crippen MR) is 46.8 cm³/mol. The predicted octanol–water partition coefficient (Wildman–Crippen LogP) is 2.69. The van der Waals surface area contributed by atoms with E-state index in [4.69, 9.17) is 0 Å². The van der Waals surface area contributed by atoms with Crippen molar-refractivity contribution in [3.05, 3.63) is 29.8 Å². The van der Waals surface area contributed by atoms with Gasteiger partial charge >= 0.3 is 0 Å². The van der Waals surface area contributed by atoms with Gasteiger partial charge < -0.3 is 5.11 Å². The van der Waals surface area contributed by atoms with Crippen molar-refractivity contribution in [2.45, 2.75) is 26.2 Å². The van der Waals surface area contributed by atoms with E-state index in [-0.39, 0.29) is 31.6 Å². The summed E-state index contributed by atoms with van der Waals surface area (Å²) in [5.41, 5.74) is 1.03. The molecule has 1 nitrogen and oxygen atoms in total. The SMILES string of the molecule is CC(C)(C)c1ccccc1O.[Zr]. The van der Waals surface area contributed by atoms with Gasteiger partial charge in [-0.2, -0.15) is 0 Å². The van der Waals surface area contributed by atoms with Crippen LogP contribution in [-0.2, 0) is 31.6 Å². The summed E-state index contributed by atoms with van der Waals surface area (Å²) in [6, 6.07) is 7.46. The average Bonchev–Trinajstić information content (AvgIpc) is 1.86. The smallest absolute Gasteiger partial charge is 0.119 e. The van der Waals surface area contributed by atoms with Gasteiger partial charge in [0.25, 0.3) is 0 Å². The topological polar surface area (TPSA) is 20.2 Å². The number of rotatable bonds is 0. The Morgan fingerprint density at radius 1 is 1.08 bits per heavy atom. The van der Waals surface area contributed by atoms with Gasteiger partial charge in [-0.15, -0.1) is 0 Å². The maximum Gasteiger partial charge on any atom is 0.119 e. The number of hydrogen-bond acceptors (Lipinski definition) is 1. The molecule has 0 radical (unpaired) electrons. The van der Waals surface area contributed by atoms with Crippen LogP contribution >= 0.6 is 0 Å². The number of para-hydroxylation sites is 1. The van der Waals surface area contributed by atoms with Crippen molar-refractivity contribution in [3.63, 3.8) is 0 Å². The van der Waals surface area contributed by atoms with Gasteiger partial charge in [0, 0.05) is 26.2 Å². The Morgan fingerprint density at radius 2 is 1.58 bits per heavy atom. The largest absolute Gasteiger partial charge is 0.508 e. The maximum atomic E-state index is 9.45. The molecule has 0 saturated heterocycles. The number of aromatic hydroxyl groups is 1. The summed E-state index contributed by atoms with van der Waals surface area (Å²) < 4.78 is 0. The molecule has 0 aromatic heterocycles. The molecule has 0 aliphatic rings. The van der Waals surface area contributed by atoms with Crippen LogP contribution < -0.4 is 0 Å². The molecule has 2 heteroatoms. The van der Waals surface area contributed by atoms with Gasteiger partial charge in [0.15, 0.2) is 0 Å². The molecular formula is C10H14OZr. The molecule has 1 aromatic rings. The van der Waals surface area contributed by atoms with Gasteiger partial charge in [0.05, 0.1) is 0 Å². The van der Waals surface area contributed by atoms with E-state index in [0.29, 0.717) is 5.75 Å². The third-order valence-corrected chi connectivity index (χ3v) is 1.71. The minimum Gasteiger partial charge on any atom is -0.508 e. The average molecular weight is 241 g/mol. The second-order valence-electron chi connectivity index (χ2n) is 3.77. The van der Waals surface area contributed by atoms with Gasteiger partial charge in [-0.25, -0.2) is 0 Å². The van der Waals surface area contributed by atoms with E-state index in [9.17, 15) is 5.11 Å². The van der Waals surface area contributed by atoms with Gasteiger partial charge in [-0.1, -0.05) is 39.0 Å². The summed E-state index contributed by atoms with van der Waals surface area (Å²) >= 11 is 0. The molecule has 1 aromatic carbocycles. The van der Waals surface area contributed by atoms with Crippen molar-refractivity contribution in [1.82, 2.24) is 0 Å². The van der Waals surface area contributed by atoms with E-state index in [0.717, 1.165) is 5.56 Å². The zero-order valence-corrected chi connectivity index (χ0v) is 10.2. The fourth-order valence-corrected chi connectivity index (χ4v) is 1.11. The zero-order chi connectivity index (χ0) is 8.48. The van der Waals surface area contributed by atoms with Crippen molar-refractivity contribution in [1.29, 1.82) is 0 Å². The second-order valence-corrected chi connectivity index (χ2v) is 3.77. The van der Waals surface area contributed by atoms with Crippen molar-refractivity contribution >= 4 is 0 Å². The molecule has 0 bridgehead atoms. The Morgan fingerprint density at radius 3 is 1.92 bits per heavy atom. The van der Waals surface area contributed by atoms with Crippen molar-refractivity contribution < 1.29 is 31.3 Å². The first-order chi connectivity index (χ1) is 5.02. The third-order valence-electron chi connectivity index (χ3n) is 1.71. The van der Waals surface area contributed by atoms with Crippen LogP contribution in [0.1, 0.15) is 26.3 Å². The van der Waals surface area contributed by atoms with Gasteiger partial charge in [0.2, 0.25) is 0 Å². The fraction of sp³-hybridized carbons (Fsp3) is 0.400. The van der Waals surface area contributed by atoms with Crippen LogP contribution in [0.5, 0.6) is 5.75 Å². The fourth-order valence-electron chi connectivity index (χ4n) is 1.11. The van der Waals surface area contributed by atoms with E-state index >= 15 is 0 Å². The van der Waals surface area contributed by atoms with E-state index < -0.39 is 0 Å². The quantitative estimate of drug-likeness (QED) is 0.740. The molecular weight excluding hydrogens is 227 g/mol. The molecule has 0 aliphatic carbocycles. The Bertz CT molecular complexity index is 250.